The molecule has 0 aliphatic rings. The van der Waals surface area contributed by atoms with E-state index in [0.29, 0.717) is 6.54 Å². The minimum Gasteiger partial charge on any atom is -0.354 e. The number of hydrogen-bond acceptors (Lipinski definition) is 4. The summed E-state index contributed by atoms with van der Waals surface area (Å²) in [5, 5.41) is 3.07. The quantitative estimate of drug-likeness (QED) is 0.292. The number of anilines is 1. The van der Waals surface area contributed by atoms with Crippen LogP contribution in [0.4, 0.5) is 5.69 Å². The fourth-order valence-corrected chi connectivity index (χ4v) is 5.73. The molecule has 3 aromatic rings. The number of amides is 2. The first kappa shape index (κ1) is 30.2. The van der Waals surface area contributed by atoms with Gasteiger partial charge < -0.3 is 10.2 Å². The summed E-state index contributed by atoms with van der Waals surface area (Å²) in [7, 11) is -4.16. The lowest BCUT2D eigenvalue weighted by molar-refractivity contribution is -0.139. The van der Waals surface area contributed by atoms with E-state index >= 15 is 0 Å². The second-order valence-corrected chi connectivity index (χ2v) is 11.9. The van der Waals surface area contributed by atoms with Gasteiger partial charge in [-0.2, -0.15) is 0 Å². The molecule has 0 aliphatic heterocycles. The van der Waals surface area contributed by atoms with Gasteiger partial charge in [0.2, 0.25) is 11.8 Å². The molecule has 0 spiro atoms. The Kier molecular flexibility index (Phi) is 10.5. The number of carbonyl (C=O) groups excluding carboxylic acids is 2. The molecule has 39 heavy (non-hydrogen) atoms. The van der Waals surface area contributed by atoms with E-state index in [4.69, 9.17) is 11.6 Å². The molecule has 0 unspecified atom stereocenters. The predicted octanol–water partition coefficient (Wildman–Crippen LogP) is 5.49. The molecule has 0 aliphatic carbocycles. The lowest BCUT2D eigenvalue weighted by atomic mass is 10.1. The smallest absolute Gasteiger partial charge is 0.264 e. The van der Waals surface area contributed by atoms with Crippen molar-refractivity contribution in [2.75, 3.05) is 17.4 Å². The topological polar surface area (TPSA) is 86.8 Å². The summed E-state index contributed by atoms with van der Waals surface area (Å²) in [5.41, 5.74) is 2.98. The molecule has 1 atom stereocenters. The molecule has 3 aromatic carbocycles. The van der Waals surface area contributed by atoms with Crippen LogP contribution in [0.5, 0.6) is 0 Å². The lowest BCUT2D eigenvalue weighted by Crippen LogP contribution is -2.51. The van der Waals surface area contributed by atoms with Crippen molar-refractivity contribution in [2.24, 2.45) is 0 Å². The number of nitrogens with zero attached hydrogens (tertiary/aromatic N) is 2. The lowest BCUT2D eigenvalue weighted by Gasteiger charge is -2.32. The van der Waals surface area contributed by atoms with E-state index < -0.39 is 28.5 Å². The number of hydrogen-bond donors (Lipinski definition) is 1. The molecule has 1 N–H and O–H groups in total. The maximum Gasteiger partial charge on any atom is 0.264 e. The van der Waals surface area contributed by atoms with Gasteiger partial charge in [0.1, 0.15) is 12.6 Å². The number of unbranched alkanes of at least 4 members (excludes halogenated alkanes) is 1. The van der Waals surface area contributed by atoms with Crippen molar-refractivity contribution in [1.82, 2.24) is 10.2 Å². The van der Waals surface area contributed by atoms with E-state index in [1.165, 1.54) is 17.0 Å². The summed E-state index contributed by atoms with van der Waals surface area (Å²) in [6.07, 6.45) is 1.74. The highest BCUT2D eigenvalue weighted by molar-refractivity contribution is 7.92. The molecule has 7 nitrogen and oxygen atoms in total. The summed E-state index contributed by atoms with van der Waals surface area (Å²) in [6.45, 7) is 7.62. The number of nitrogens with one attached hydrogen (secondary N) is 1. The Labute approximate surface area is 236 Å². The van der Waals surface area contributed by atoms with Crippen LogP contribution in [0.25, 0.3) is 0 Å². The average Bonchev–Trinajstić information content (AvgIpc) is 2.91. The van der Waals surface area contributed by atoms with Gasteiger partial charge in [-0.25, -0.2) is 8.42 Å². The first-order valence-corrected chi connectivity index (χ1v) is 14.8. The highest BCUT2D eigenvalue weighted by atomic mass is 35.5. The molecule has 0 radical (unpaired) electrons. The standard InChI is InChI=1S/C30H36ClN3O4S/c1-5-6-19-32-30(36)24(4)33(20-25-15-11-22(2)12-16-25)29(35)21-34(28-10-8-7-9-27(28)31)39(37,38)26-17-13-23(3)14-18-26/h7-18,24H,5-6,19-21H2,1-4H3,(H,32,36)/t24-/m0/s1. The second-order valence-electron chi connectivity index (χ2n) is 9.60. The van der Waals surface area contributed by atoms with Crippen molar-refractivity contribution in [3.63, 3.8) is 0 Å². The Bertz CT molecular complexity index is 1380. The number of para-hydroxylation sites is 1. The van der Waals surface area contributed by atoms with Crippen LogP contribution in [0, 0.1) is 13.8 Å². The van der Waals surface area contributed by atoms with Crippen molar-refractivity contribution in [3.8, 4) is 0 Å². The Hall–Kier alpha value is -3.36. The number of carbonyl (C=O) groups is 2. The van der Waals surface area contributed by atoms with Crippen LogP contribution >= 0.6 is 11.6 Å². The third kappa shape index (κ3) is 7.83. The van der Waals surface area contributed by atoms with Crippen molar-refractivity contribution >= 4 is 39.1 Å². The molecule has 2 amide bonds. The maximum absolute atomic E-state index is 13.9. The van der Waals surface area contributed by atoms with Gasteiger partial charge in [-0.05, 0) is 57.0 Å². The van der Waals surface area contributed by atoms with E-state index in [9.17, 15) is 18.0 Å². The van der Waals surface area contributed by atoms with Gasteiger partial charge in [-0.1, -0.05) is 84.6 Å². The van der Waals surface area contributed by atoms with Gasteiger partial charge in [0.05, 0.1) is 15.6 Å². The molecule has 0 bridgehead atoms. The highest BCUT2D eigenvalue weighted by Crippen LogP contribution is 2.31. The fraction of sp³-hybridized carbons (Fsp3) is 0.333. The minimum atomic E-state index is -4.16. The third-order valence-electron chi connectivity index (χ3n) is 6.48. The molecule has 0 saturated heterocycles. The zero-order valence-corrected chi connectivity index (χ0v) is 24.4. The van der Waals surface area contributed by atoms with Crippen LogP contribution in [-0.4, -0.2) is 44.3 Å². The normalized spacial score (nSPS) is 12.0. The third-order valence-corrected chi connectivity index (χ3v) is 8.57. The van der Waals surface area contributed by atoms with Crippen molar-refractivity contribution in [3.05, 3.63) is 94.5 Å². The van der Waals surface area contributed by atoms with Crippen molar-refractivity contribution < 1.29 is 18.0 Å². The number of halogens is 1. The average molecular weight is 570 g/mol. The van der Waals surface area contributed by atoms with E-state index in [-0.39, 0.29) is 28.1 Å². The number of sulfonamides is 1. The molecular weight excluding hydrogens is 534 g/mol. The van der Waals surface area contributed by atoms with Crippen LogP contribution < -0.4 is 9.62 Å². The van der Waals surface area contributed by atoms with E-state index in [1.807, 2.05) is 45.0 Å². The molecule has 208 valence electrons. The minimum absolute atomic E-state index is 0.0382. The molecule has 0 aromatic heterocycles. The van der Waals surface area contributed by atoms with Gasteiger partial charge >= 0.3 is 0 Å². The molecule has 9 heteroatoms. The van der Waals surface area contributed by atoms with Gasteiger partial charge in [0, 0.05) is 13.1 Å². The van der Waals surface area contributed by atoms with Crippen LogP contribution in [-0.2, 0) is 26.2 Å². The summed E-state index contributed by atoms with van der Waals surface area (Å²) in [5.74, 6) is -0.820. The zero-order valence-electron chi connectivity index (χ0n) is 22.9. The van der Waals surface area contributed by atoms with Crippen molar-refractivity contribution in [2.45, 2.75) is 58.0 Å². The fourth-order valence-electron chi connectivity index (χ4n) is 4.01. The van der Waals surface area contributed by atoms with Gasteiger partial charge in [0.25, 0.3) is 10.0 Å². The summed E-state index contributed by atoms with van der Waals surface area (Å²) < 4.78 is 28.7. The summed E-state index contributed by atoms with van der Waals surface area (Å²) >= 11 is 6.43. The second kappa shape index (κ2) is 13.6. The van der Waals surface area contributed by atoms with Crippen LogP contribution in [0.1, 0.15) is 43.4 Å². The van der Waals surface area contributed by atoms with E-state index in [2.05, 4.69) is 5.32 Å². The maximum atomic E-state index is 13.9. The SMILES string of the molecule is CCCCNC(=O)[C@H](C)N(Cc1ccc(C)cc1)C(=O)CN(c1ccccc1Cl)S(=O)(=O)c1ccc(C)cc1. The molecular formula is C30H36ClN3O4S. The Morgan fingerprint density at radius 1 is 0.923 bits per heavy atom. The first-order chi connectivity index (χ1) is 18.5. The van der Waals surface area contributed by atoms with E-state index in [1.54, 1.807) is 43.3 Å². The van der Waals surface area contributed by atoms with Gasteiger partial charge in [-0.15, -0.1) is 0 Å². The van der Waals surface area contributed by atoms with Crippen LogP contribution in [0.15, 0.2) is 77.7 Å². The van der Waals surface area contributed by atoms with Crippen molar-refractivity contribution in [1.29, 1.82) is 0 Å². The predicted molar refractivity (Wildman–Crippen MR) is 156 cm³/mol. The van der Waals surface area contributed by atoms with Gasteiger partial charge in [-0.3, -0.25) is 13.9 Å². The highest BCUT2D eigenvalue weighted by Gasteiger charge is 2.33. The largest absolute Gasteiger partial charge is 0.354 e. The Balaban J connectivity index is 2.00. The van der Waals surface area contributed by atoms with Crippen LogP contribution in [0.3, 0.4) is 0 Å². The van der Waals surface area contributed by atoms with E-state index in [0.717, 1.165) is 33.8 Å². The number of aryl methyl sites for hydroxylation is 2. The molecule has 0 heterocycles. The van der Waals surface area contributed by atoms with Crippen LogP contribution in [0.2, 0.25) is 5.02 Å². The zero-order chi connectivity index (χ0) is 28.6. The molecule has 0 fully saturated rings. The molecule has 0 saturated carbocycles. The van der Waals surface area contributed by atoms with Gasteiger partial charge in [0.15, 0.2) is 0 Å². The Morgan fingerprint density at radius 3 is 2.10 bits per heavy atom. The first-order valence-electron chi connectivity index (χ1n) is 13.0. The Morgan fingerprint density at radius 2 is 1.51 bits per heavy atom. The summed E-state index contributed by atoms with van der Waals surface area (Å²) in [6, 6.07) is 19.7. The number of benzene rings is 3. The monoisotopic (exact) mass is 569 g/mol. The summed E-state index contributed by atoms with van der Waals surface area (Å²) in [4.78, 5) is 28.4. The molecule has 3 rings (SSSR count). The number of rotatable bonds is 12.